The number of hydrogen-bond donors (Lipinski definition) is 5. The zero-order valence-electron chi connectivity index (χ0n) is 16.6. The van der Waals surface area contributed by atoms with Crippen LogP contribution in [0.5, 0.6) is 0 Å². The molecule has 3 atom stereocenters. The SMILES string of the molecule is Cc1ccc(C(O)C[C@@](C)(O)C(O)CO)cc1Cl.Cn1ccc2c(N)ncnc21. The quantitative estimate of drug-likeness (QED) is 0.422. The molecule has 9 heteroatoms. The van der Waals surface area contributed by atoms with E-state index in [1.807, 2.05) is 30.8 Å². The first-order valence-corrected chi connectivity index (χ1v) is 9.41. The van der Waals surface area contributed by atoms with Crippen LogP contribution in [0.15, 0.2) is 36.8 Å². The fourth-order valence-corrected chi connectivity index (χ4v) is 2.94. The number of aryl methyl sites for hydroxylation is 2. The second-order valence-corrected chi connectivity index (χ2v) is 7.61. The molecule has 0 spiro atoms. The number of nitrogen functional groups attached to an aromatic ring is 1. The van der Waals surface area contributed by atoms with E-state index in [9.17, 15) is 15.3 Å². The molecule has 3 aromatic rings. The van der Waals surface area contributed by atoms with E-state index in [1.165, 1.54) is 13.3 Å². The summed E-state index contributed by atoms with van der Waals surface area (Å²) in [7, 11) is 1.93. The molecule has 0 aliphatic carbocycles. The normalized spacial score (nSPS) is 15.3. The van der Waals surface area contributed by atoms with Gasteiger partial charge in [-0.15, -0.1) is 0 Å². The lowest BCUT2D eigenvalue weighted by Crippen LogP contribution is -2.42. The Morgan fingerprint density at radius 3 is 2.52 bits per heavy atom. The molecule has 6 N–H and O–H groups in total. The summed E-state index contributed by atoms with van der Waals surface area (Å²) in [6.07, 6.45) is 1.04. The number of benzene rings is 1. The molecule has 0 amide bonds. The molecule has 0 aliphatic heterocycles. The molecule has 8 nitrogen and oxygen atoms in total. The highest BCUT2D eigenvalue weighted by Crippen LogP contribution is 2.28. The van der Waals surface area contributed by atoms with E-state index in [2.05, 4.69) is 9.97 Å². The number of nitrogens with two attached hydrogens (primary N) is 1. The second kappa shape index (κ2) is 9.51. The molecule has 0 radical (unpaired) electrons. The van der Waals surface area contributed by atoms with Crippen molar-refractivity contribution < 1.29 is 20.4 Å². The van der Waals surface area contributed by atoms with Crippen LogP contribution in [0.25, 0.3) is 11.0 Å². The summed E-state index contributed by atoms with van der Waals surface area (Å²) in [6.45, 7) is 2.66. The molecule has 2 heterocycles. The van der Waals surface area contributed by atoms with E-state index >= 15 is 0 Å². The molecule has 2 aromatic heterocycles. The van der Waals surface area contributed by atoms with Crippen molar-refractivity contribution in [2.75, 3.05) is 12.3 Å². The molecule has 3 rings (SSSR count). The van der Waals surface area contributed by atoms with Gasteiger partial charge in [-0.05, 0) is 37.1 Å². The Balaban J connectivity index is 0.000000230. The molecule has 1 aromatic carbocycles. The van der Waals surface area contributed by atoms with Gasteiger partial charge in [0.1, 0.15) is 23.9 Å². The fraction of sp³-hybridized carbons (Fsp3) is 0.400. The number of aliphatic hydroxyl groups is 4. The Morgan fingerprint density at radius 1 is 1.24 bits per heavy atom. The highest BCUT2D eigenvalue weighted by molar-refractivity contribution is 6.31. The van der Waals surface area contributed by atoms with E-state index in [0.29, 0.717) is 16.4 Å². The van der Waals surface area contributed by atoms with Crippen LogP contribution < -0.4 is 5.73 Å². The largest absolute Gasteiger partial charge is 0.394 e. The van der Waals surface area contributed by atoms with Crippen molar-refractivity contribution in [3.8, 4) is 0 Å². The number of anilines is 1. The standard InChI is InChI=1S/C13H19ClO4.C7H8N4/c1-8-3-4-9(5-10(8)14)11(16)6-13(2,18)12(17)7-15;1-11-3-2-5-6(8)9-4-10-7(5)11/h3-5,11-12,15-18H,6-7H2,1-2H3;2-4H,1H3,(H2,8,9,10)/t11?,12?,13-;/m1./s1. The van der Waals surface area contributed by atoms with Crippen LogP contribution in [0.1, 0.15) is 30.6 Å². The topological polar surface area (TPSA) is 138 Å². The second-order valence-electron chi connectivity index (χ2n) is 7.21. The highest BCUT2D eigenvalue weighted by atomic mass is 35.5. The summed E-state index contributed by atoms with van der Waals surface area (Å²) in [4.78, 5) is 7.95. The number of aromatic nitrogens is 3. The van der Waals surface area contributed by atoms with Gasteiger partial charge in [-0.3, -0.25) is 0 Å². The van der Waals surface area contributed by atoms with Crippen LogP contribution in [0.3, 0.4) is 0 Å². The Kier molecular flexibility index (Phi) is 7.56. The van der Waals surface area contributed by atoms with E-state index in [-0.39, 0.29) is 6.42 Å². The lowest BCUT2D eigenvalue weighted by Gasteiger charge is -2.30. The molecule has 0 fully saturated rings. The predicted octanol–water partition coefficient (Wildman–Crippen LogP) is 1.73. The van der Waals surface area contributed by atoms with Crippen LogP contribution in [-0.4, -0.2) is 53.3 Å². The van der Waals surface area contributed by atoms with E-state index in [1.54, 1.807) is 18.2 Å². The highest BCUT2D eigenvalue weighted by Gasteiger charge is 2.32. The van der Waals surface area contributed by atoms with Gasteiger partial charge in [-0.2, -0.15) is 0 Å². The van der Waals surface area contributed by atoms with Crippen LogP contribution in [-0.2, 0) is 7.05 Å². The van der Waals surface area contributed by atoms with Gasteiger partial charge in [0, 0.05) is 24.7 Å². The number of aliphatic hydroxyl groups excluding tert-OH is 3. The van der Waals surface area contributed by atoms with Gasteiger partial charge in [0.15, 0.2) is 0 Å². The third kappa shape index (κ3) is 5.65. The molecular formula is C20H27ClN4O4. The Labute approximate surface area is 174 Å². The number of nitrogens with zero attached hydrogens (tertiary/aromatic N) is 3. The van der Waals surface area contributed by atoms with E-state index in [4.69, 9.17) is 22.4 Å². The minimum absolute atomic E-state index is 0.0892. The number of halogens is 1. The summed E-state index contributed by atoms with van der Waals surface area (Å²) in [5.74, 6) is 0.538. The monoisotopic (exact) mass is 422 g/mol. The van der Waals surface area contributed by atoms with Gasteiger partial charge in [-0.1, -0.05) is 23.7 Å². The zero-order valence-corrected chi connectivity index (χ0v) is 17.4. The van der Waals surface area contributed by atoms with Crippen molar-refractivity contribution in [3.63, 3.8) is 0 Å². The smallest absolute Gasteiger partial charge is 0.145 e. The first kappa shape index (κ1) is 23.1. The van der Waals surface area contributed by atoms with Gasteiger partial charge < -0.3 is 30.7 Å². The Hall–Kier alpha value is -2.23. The first-order valence-electron chi connectivity index (χ1n) is 9.03. The molecule has 2 unspecified atom stereocenters. The summed E-state index contributed by atoms with van der Waals surface area (Å²) in [5.41, 5.74) is 6.38. The minimum Gasteiger partial charge on any atom is -0.394 e. The summed E-state index contributed by atoms with van der Waals surface area (Å²) >= 11 is 5.96. The van der Waals surface area contributed by atoms with E-state index in [0.717, 1.165) is 16.6 Å². The summed E-state index contributed by atoms with van der Waals surface area (Å²) < 4.78 is 1.91. The van der Waals surface area contributed by atoms with Gasteiger partial charge in [0.25, 0.3) is 0 Å². The summed E-state index contributed by atoms with van der Waals surface area (Å²) in [6, 6.07) is 7.03. The van der Waals surface area contributed by atoms with Crippen molar-refractivity contribution in [2.45, 2.75) is 38.1 Å². The Morgan fingerprint density at radius 2 is 1.93 bits per heavy atom. The third-order valence-electron chi connectivity index (χ3n) is 4.77. The minimum atomic E-state index is -1.56. The maximum atomic E-state index is 10.0. The molecular weight excluding hydrogens is 396 g/mol. The lowest BCUT2D eigenvalue weighted by atomic mass is 9.89. The average Bonchev–Trinajstić information content (AvgIpc) is 3.06. The molecule has 29 heavy (non-hydrogen) atoms. The third-order valence-corrected chi connectivity index (χ3v) is 5.18. The van der Waals surface area contributed by atoms with E-state index < -0.39 is 24.4 Å². The Bertz CT molecular complexity index is 961. The molecule has 0 bridgehead atoms. The molecule has 0 saturated carbocycles. The number of rotatable bonds is 5. The van der Waals surface area contributed by atoms with Crippen molar-refractivity contribution >= 4 is 28.5 Å². The molecule has 158 valence electrons. The number of hydrogen-bond acceptors (Lipinski definition) is 7. The van der Waals surface area contributed by atoms with Crippen molar-refractivity contribution in [3.05, 3.63) is 52.9 Å². The van der Waals surface area contributed by atoms with Crippen molar-refractivity contribution in [1.29, 1.82) is 0 Å². The molecule has 0 aliphatic rings. The first-order chi connectivity index (χ1) is 13.6. The maximum Gasteiger partial charge on any atom is 0.145 e. The van der Waals surface area contributed by atoms with Crippen LogP contribution in [0, 0.1) is 6.92 Å². The van der Waals surface area contributed by atoms with Crippen LogP contribution >= 0.6 is 11.6 Å². The lowest BCUT2D eigenvalue weighted by molar-refractivity contribution is -0.104. The molecule has 0 saturated heterocycles. The van der Waals surface area contributed by atoms with Gasteiger partial charge in [0.2, 0.25) is 0 Å². The summed E-state index contributed by atoms with van der Waals surface area (Å²) in [5, 5.41) is 39.7. The fourth-order valence-electron chi connectivity index (χ4n) is 2.76. The number of fused-ring (bicyclic) bond motifs is 1. The van der Waals surface area contributed by atoms with Gasteiger partial charge in [-0.25, -0.2) is 9.97 Å². The zero-order chi connectivity index (χ0) is 21.8. The average molecular weight is 423 g/mol. The van der Waals surface area contributed by atoms with Crippen LogP contribution in [0.4, 0.5) is 5.82 Å². The predicted molar refractivity (Wildman–Crippen MR) is 112 cm³/mol. The van der Waals surface area contributed by atoms with Crippen LogP contribution in [0.2, 0.25) is 5.02 Å². The van der Waals surface area contributed by atoms with Gasteiger partial charge in [0.05, 0.1) is 23.7 Å². The van der Waals surface area contributed by atoms with Gasteiger partial charge >= 0.3 is 0 Å². The van der Waals surface area contributed by atoms with Crippen molar-refractivity contribution in [2.24, 2.45) is 7.05 Å². The maximum absolute atomic E-state index is 10.0. The van der Waals surface area contributed by atoms with Crippen molar-refractivity contribution in [1.82, 2.24) is 14.5 Å².